The van der Waals surface area contributed by atoms with Gasteiger partial charge in [-0.3, -0.25) is 0 Å². The van der Waals surface area contributed by atoms with Crippen molar-refractivity contribution in [3.8, 4) is 0 Å². The average molecular weight is 236 g/mol. The van der Waals surface area contributed by atoms with Crippen LogP contribution in [0.15, 0.2) is 24.3 Å². The lowest BCUT2D eigenvalue weighted by atomic mass is 9.67. The van der Waals surface area contributed by atoms with E-state index in [2.05, 4.69) is 6.92 Å². The van der Waals surface area contributed by atoms with Gasteiger partial charge in [0.2, 0.25) is 5.79 Å². The molecule has 17 heavy (non-hydrogen) atoms. The van der Waals surface area contributed by atoms with Gasteiger partial charge in [0.1, 0.15) is 5.60 Å². The van der Waals surface area contributed by atoms with Crippen molar-refractivity contribution in [3.63, 3.8) is 0 Å². The van der Waals surface area contributed by atoms with Crippen molar-refractivity contribution in [1.82, 2.24) is 0 Å². The van der Waals surface area contributed by atoms with E-state index in [-0.39, 0.29) is 0 Å². The van der Waals surface area contributed by atoms with Gasteiger partial charge in [-0.25, -0.2) is 0 Å². The van der Waals surface area contributed by atoms with Crippen LogP contribution in [0.4, 0.5) is 0 Å². The number of rotatable bonds is 5. The van der Waals surface area contributed by atoms with Crippen molar-refractivity contribution in [2.24, 2.45) is 0 Å². The number of methoxy groups -OCH3 is 2. The first-order chi connectivity index (χ1) is 8.13. The van der Waals surface area contributed by atoms with E-state index >= 15 is 0 Å². The SMILES string of the molecule is CCCC(OC)(OC)C1(O)Cc2ccccc21. The standard InChI is InChI=1S/C14H20O3/c1-4-9-14(16-2,17-3)13(15)10-11-7-5-6-8-12(11)13/h5-8,15H,4,9-10H2,1-3H3. The van der Waals surface area contributed by atoms with Gasteiger partial charge in [-0.05, 0) is 11.1 Å². The molecule has 0 saturated heterocycles. The molecule has 1 aliphatic carbocycles. The van der Waals surface area contributed by atoms with Gasteiger partial charge in [0, 0.05) is 27.1 Å². The highest BCUT2D eigenvalue weighted by molar-refractivity contribution is 5.44. The highest BCUT2D eigenvalue weighted by Gasteiger charge is 2.58. The molecule has 94 valence electrons. The van der Waals surface area contributed by atoms with Crippen molar-refractivity contribution in [1.29, 1.82) is 0 Å². The Hall–Kier alpha value is -0.900. The molecule has 0 aromatic heterocycles. The zero-order valence-electron chi connectivity index (χ0n) is 10.7. The minimum absolute atomic E-state index is 0.588. The molecule has 2 rings (SSSR count). The van der Waals surface area contributed by atoms with Gasteiger partial charge < -0.3 is 14.6 Å². The molecule has 0 saturated carbocycles. The molecule has 1 aromatic carbocycles. The van der Waals surface area contributed by atoms with Crippen LogP contribution in [0.3, 0.4) is 0 Å². The van der Waals surface area contributed by atoms with E-state index in [0.29, 0.717) is 12.8 Å². The lowest BCUT2D eigenvalue weighted by molar-refractivity contribution is -0.318. The Morgan fingerprint density at radius 3 is 2.47 bits per heavy atom. The van der Waals surface area contributed by atoms with Crippen LogP contribution < -0.4 is 0 Å². The predicted molar refractivity (Wildman–Crippen MR) is 65.7 cm³/mol. The topological polar surface area (TPSA) is 38.7 Å². The fourth-order valence-electron chi connectivity index (χ4n) is 2.84. The first kappa shape index (κ1) is 12.6. The summed E-state index contributed by atoms with van der Waals surface area (Å²) in [5, 5.41) is 10.9. The largest absolute Gasteiger partial charge is 0.379 e. The zero-order valence-corrected chi connectivity index (χ0v) is 10.7. The van der Waals surface area contributed by atoms with E-state index in [1.54, 1.807) is 14.2 Å². The summed E-state index contributed by atoms with van der Waals surface area (Å²) in [6, 6.07) is 7.90. The quantitative estimate of drug-likeness (QED) is 0.797. The lowest BCUT2D eigenvalue weighted by Crippen LogP contribution is -2.60. The van der Waals surface area contributed by atoms with Crippen LogP contribution in [0, 0.1) is 0 Å². The van der Waals surface area contributed by atoms with Crippen molar-refractivity contribution >= 4 is 0 Å². The minimum atomic E-state index is -1.02. The van der Waals surface area contributed by atoms with E-state index < -0.39 is 11.4 Å². The van der Waals surface area contributed by atoms with Crippen molar-refractivity contribution < 1.29 is 14.6 Å². The van der Waals surface area contributed by atoms with Crippen molar-refractivity contribution in [2.45, 2.75) is 37.6 Å². The Bertz CT molecular complexity index is 398. The van der Waals surface area contributed by atoms with Crippen LogP contribution in [0.25, 0.3) is 0 Å². The van der Waals surface area contributed by atoms with E-state index in [9.17, 15) is 5.11 Å². The number of ether oxygens (including phenoxy) is 2. The molecule has 3 heteroatoms. The van der Waals surface area contributed by atoms with Crippen molar-refractivity contribution in [3.05, 3.63) is 35.4 Å². The van der Waals surface area contributed by atoms with Gasteiger partial charge in [-0.2, -0.15) is 0 Å². The fraction of sp³-hybridized carbons (Fsp3) is 0.571. The van der Waals surface area contributed by atoms with Gasteiger partial charge in [0.05, 0.1) is 0 Å². The van der Waals surface area contributed by atoms with Crippen molar-refractivity contribution in [2.75, 3.05) is 14.2 Å². The molecule has 0 radical (unpaired) electrons. The second kappa shape index (κ2) is 4.41. The Balaban J connectivity index is 2.39. The Kier molecular flexibility index (Phi) is 3.25. The van der Waals surface area contributed by atoms with Gasteiger partial charge in [0.15, 0.2) is 0 Å². The second-order valence-corrected chi connectivity index (χ2v) is 4.61. The highest BCUT2D eigenvalue weighted by atomic mass is 16.7. The molecule has 0 bridgehead atoms. The molecule has 0 aliphatic heterocycles. The summed E-state index contributed by atoms with van der Waals surface area (Å²) in [6.07, 6.45) is 2.15. The molecule has 1 unspecified atom stereocenters. The normalized spacial score (nSPS) is 23.1. The second-order valence-electron chi connectivity index (χ2n) is 4.61. The first-order valence-electron chi connectivity index (χ1n) is 6.04. The summed E-state index contributed by atoms with van der Waals surface area (Å²) in [6.45, 7) is 2.06. The first-order valence-corrected chi connectivity index (χ1v) is 6.04. The maximum absolute atomic E-state index is 10.9. The summed E-state index contributed by atoms with van der Waals surface area (Å²) in [4.78, 5) is 0. The third-order valence-corrected chi connectivity index (χ3v) is 3.78. The maximum atomic E-state index is 10.9. The minimum Gasteiger partial charge on any atom is -0.379 e. The Morgan fingerprint density at radius 2 is 1.94 bits per heavy atom. The third kappa shape index (κ3) is 1.61. The smallest absolute Gasteiger partial charge is 0.201 e. The number of hydrogen-bond donors (Lipinski definition) is 1. The monoisotopic (exact) mass is 236 g/mol. The van der Waals surface area contributed by atoms with Gasteiger partial charge in [-0.1, -0.05) is 37.6 Å². The number of benzene rings is 1. The Morgan fingerprint density at radius 1 is 1.29 bits per heavy atom. The summed E-state index contributed by atoms with van der Waals surface area (Å²) in [7, 11) is 3.19. The third-order valence-electron chi connectivity index (χ3n) is 3.78. The van der Waals surface area contributed by atoms with E-state index in [1.807, 2.05) is 24.3 Å². The predicted octanol–water partition coefficient (Wildman–Crippen LogP) is 2.22. The molecule has 0 heterocycles. The molecule has 1 atom stereocenters. The molecular weight excluding hydrogens is 216 g/mol. The van der Waals surface area contributed by atoms with Crippen LogP contribution in [-0.2, 0) is 21.5 Å². The highest BCUT2D eigenvalue weighted by Crippen LogP contribution is 2.49. The number of aliphatic hydroxyl groups is 1. The average Bonchev–Trinajstić information content (AvgIpc) is 2.34. The molecule has 1 aromatic rings. The van der Waals surface area contributed by atoms with Crippen LogP contribution in [0.1, 0.15) is 30.9 Å². The summed E-state index contributed by atoms with van der Waals surface area (Å²) in [5.74, 6) is -0.934. The summed E-state index contributed by atoms with van der Waals surface area (Å²) >= 11 is 0. The molecule has 0 fully saturated rings. The molecule has 1 aliphatic rings. The van der Waals surface area contributed by atoms with Gasteiger partial charge in [0.25, 0.3) is 0 Å². The van der Waals surface area contributed by atoms with Gasteiger partial charge >= 0.3 is 0 Å². The van der Waals surface area contributed by atoms with Crippen LogP contribution in [0.2, 0.25) is 0 Å². The van der Waals surface area contributed by atoms with Gasteiger partial charge in [-0.15, -0.1) is 0 Å². The molecular formula is C14H20O3. The van der Waals surface area contributed by atoms with E-state index in [0.717, 1.165) is 12.0 Å². The zero-order chi connectivity index (χ0) is 12.5. The van der Waals surface area contributed by atoms with E-state index in [4.69, 9.17) is 9.47 Å². The fourth-order valence-corrected chi connectivity index (χ4v) is 2.84. The summed E-state index contributed by atoms with van der Waals surface area (Å²) in [5.41, 5.74) is 1.07. The molecule has 3 nitrogen and oxygen atoms in total. The maximum Gasteiger partial charge on any atom is 0.201 e. The van der Waals surface area contributed by atoms with Crippen LogP contribution in [-0.4, -0.2) is 25.1 Å². The molecule has 0 amide bonds. The Labute approximate surface area is 102 Å². The number of hydrogen-bond acceptors (Lipinski definition) is 3. The number of fused-ring (bicyclic) bond motifs is 1. The summed E-state index contributed by atoms with van der Waals surface area (Å²) < 4.78 is 11.0. The van der Waals surface area contributed by atoms with Crippen LogP contribution >= 0.6 is 0 Å². The molecule has 1 N–H and O–H groups in total. The van der Waals surface area contributed by atoms with Crippen LogP contribution in [0.5, 0.6) is 0 Å². The molecule has 0 spiro atoms. The van der Waals surface area contributed by atoms with E-state index in [1.165, 1.54) is 5.56 Å². The lowest BCUT2D eigenvalue weighted by Gasteiger charge is -2.51.